The molecule has 1 fully saturated rings. The van der Waals surface area contributed by atoms with E-state index in [9.17, 15) is 0 Å². The summed E-state index contributed by atoms with van der Waals surface area (Å²) in [5.74, 6) is 1.87. The molecule has 1 unspecified atom stereocenters. The Morgan fingerprint density at radius 3 is 2.77 bits per heavy atom. The van der Waals surface area contributed by atoms with E-state index >= 15 is 0 Å². The van der Waals surface area contributed by atoms with Gasteiger partial charge in [-0.05, 0) is 44.5 Å². The van der Waals surface area contributed by atoms with E-state index in [4.69, 9.17) is 4.42 Å². The highest BCUT2D eigenvalue weighted by Gasteiger charge is 2.23. The van der Waals surface area contributed by atoms with Crippen molar-refractivity contribution in [2.45, 2.75) is 32.7 Å². The number of benzene rings is 1. The second kappa shape index (κ2) is 10.4. The maximum Gasteiger partial charge on any atom is 0.191 e. The molecule has 1 atom stereocenters. The zero-order valence-electron chi connectivity index (χ0n) is 15.6. The molecule has 0 saturated carbocycles. The van der Waals surface area contributed by atoms with E-state index in [1.807, 2.05) is 12.1 Å². The van der Waals surface area contributed by atoms with Gasteiger partial charge < -0.3 is 20.0 Å². The number of hydrogen-bond acceptors (Lipinski definition) is 3. The average Bonchev–Trinajstić information content (AvgIpc) is 3.28. The first kappa shape index (κ1) is 20.6. The van der Waals surface area contributed by atoms with Crippen LogP contribution in [0, 0.1) is 6.92 Å². The van der Waals surface area contributed by atoms with Gasteiger partial charge in [0.2, 0.25) is 0 Å². The molecule has 0 radical (unpaired) electrons. The Kier molecular flexibility index (Phi) is 8.28. The number of furan rings is 1. The molecule has 0 aliphatic carbocycles. The monoisotopic (exact) mass is 468 g/mol. The number of aliphatic imine (C=N–C) groups is 1. The maximum absolute atomic E-state index is 5.36. The highest BCUT2D eigenvalue weighted by Crippen LogP contribution is 2.20. The maximum atomic E-state index is 5.36. The minimum absolute atomic E-state index is 0. The van der Waals surface area contributed by atoms with Crippen LogP contribution in [0.15, 0.2) is 52.1 Å². The zero-order valence-corrected chi connectivity index (χ0v) is 17.9. The van der Waals surface area contributed by atoms with Gasteiger partial charge in [0.15, 0.2) is 5.96 Å². The van der Waals surface area contributed by atoms with Crippen LogP contribution in [0.3, 0.4) is 0 Å². The van der Waals surface area contributed by atoms with E-state index in [2.05, 4.69) is 58.6 Å². The fourth-order valence-corrected chi connectivity index (χ4v) is 3.11. The van der Waals surface area contributed by atoms with Crippen LogP contribution in [-0.2, 0) is 6.42 Å². The third-order valence-electron chi connectivity index (χ3n) is 4.48. The Bertz CT molecular complexity index is 670. The van der Waals surface area contributed by atoms with Crippen LogP contribution in [0.2, 0.25) is 0 Å². The number of rotatable bonds is 6. The van der Waals surface area contributed by atoms with Gasteiger partial charge in [0, 0.05) is 44.3 Å². The van der Waals surface area contributed by atoms with E-state index in [0.717, 1.165) is 50.7 Å². The van der Waals surface area contributed by atoms with Crippen molar-refractivity contribution in [3.63, 3.8) is 0 Å². The molecule has 1 aromatic carbocycles. The van der Waals surface area contributed by atoms with Gasteiger partial charge in [0.25, 0.3) is 0 Å². The molecule has 142 valence electrons. The second-order valence-corrected chi connectivity index (χ2v) is 6.50. The van der Waals surface area contributed by atoms with Crippen LogP contribution in [-0.4, -0.2) is 38.2 Å². The molecule has 1 aliphatic heterocycles. The van der Waals surface area contributed by atoms with Gasteiger partial charge in [-0.25, -0.2) is 0 Å². The molecule has 5 nitrogen and oxygen atoms in total. The van der Waals surface area contributed by atoms with Crippen LogP contribution in [0.25, 0.3) is 0 Å². The van der Waals surface area contributed by atoms with E-state index in [1.165, 1.54) is 11.3 Å². The fraction of sp³-hybridized carbons (Fsp3) is 0.450. The fourth-order valence-electron chi connectivity index (χ4n) is 3.11. The summed E-state index contributed by atoms with van der Waals surface area (Å²) < 4.78 is 5.36. The number of hydrogen-bond donors (Lipinski definition) is 2. The molecule has 6 heteroatoms. The van der Waals surface area contributed by atoms with E-state index in [1.54, 1.807) is 6.26 Å². The third-order valence-corrected chi connectivity index (χ3v) is 4.48. The van der Waals surface area contributed by atoms with Crippen molar-refractivity contribution < 1.29 is 4.42 Å². The van der Waals surface area contributed by atoms with Gasteiger partial charge in [0.05, 0.1) is 6.26 Å². The number of guanidine groups is 1. The Morgan fingerprint density at radius 1 is 1.27 bits per heavy atom. The first-order chi connectivity index (χ1) is 12.2. The molecule has 0 spiro atoms. The SMILES string of the molecule is CCNC(=NCCc1ccco1)NC1CCN(c2ccc(C)cc2)C1.I. The van der Waals surface area contributed by atoms with Gasteiger partial charge in [-0.3, -0.25) is 4.99 Å². The summed E-state index contributed by atoms with van der Waals surface area (Å²) in [4.78, 5) is 7.11. The van der Waals surface area contributed by atoms with Crippen molar-refractivity contribution in [2.24, 2.45) is 4.99 Å². The number of aryl methyl sites for hydroxylation is 1. The van der Waals surface area contributed by atoms with Crippen LogP contribution in [0.5, 0.6) is 0 Å². The third kappa shape index (κ3) is 5.93. The van der Waals surface area contributed by atoms with Gasteiger partial charge in [-0.15, -0.1) is 24.0 Å². The normalized spacial score (nSPS) is 17.1. The summed E-state index contributed by atoms with van der Waals surface area (Å²) in [6, 6.07) is 13.1. The Hall–Kier alpha value is -1.70. The molecule has 1 aromatic heterocycles. The van der Waals surface area contributed by atoms with E-state index < -0.39 is 0 Å². The molecule has 3 rings (SSSR count). The minimum Gasteiger partial charge on any atom is -0.469 e. The molecule has 2 aromatic rings. The smallest absolute Gasteiger partial charge is 0.191 e. The molecular formula is C20H29IN4O. The van der Waals surface area contributed by atoms with Gasteiger partial charge in [-0.1, -0.05) is 17.7 Å². The van der Waals surface area contributed by atoms with Crippen molar-refractivity contribution >= 4 is 35.6 Å². The Balaban J connectivity index is 0.00000243. The van der Waals surface area contributed by atoms with Crippen LogP contribution in [0.1, 0.15) is 24.7 Å². The summed E-state index contributed by atoms with van der Waals surface area (Å²) in [5, 5.41) is 6.92. The lowest BCUT2D eigenvalue weighted by Gasteiger charge is -2.20. The number of nitrogens with zero attached hydrogens (tertiary/aromatic N) is 2. The molecule has 2 N–H and O–H groups in total. The lowest BCUT2D eigenvalue weighted by atomic mass is 10.2. The lowest BCUT2D eigenvalue weighted by molar-refractivity contribution is 0.510. The first-order valence-electron chi connectivity index (χ1n) is 9.13. The quantitative estimate of drug-likeness (QED) is 0.387. The topological polar surface area (TPSA) is 52.8 Å². The molecule has 2 heterocycles. The summed E-state index contributed by atoms with van der Waals surface area (Å²) in [6.07, 6.45) is 3.65. The number of anilines is 1. The summed E-state index contributed by atoms with van der Waals surface area (Å²) in [6.45, 7) is 7.88. The Labute approximate surface area is 173 Å². The zero-order chi connectivity index (χ0) is 17.5. The largest absolute Gasteiger partial charge is 0.469 e. The molecule has 1 aliphatic rings. The van der Waals surface area contributed by atoms with E-state index in [0.29, 0.717) is 6.04 Å². The van der Waals surface area contributed by atoms with Gasteiger partial charge in [0.1, 0.15) is 5.76 Å². The molecule has 26 heavy (non-hydrogen) atoms. The van der Waals surface area contributed by atoms with Crippen molar-refractivity contribution in [3.8, 4) is 0 Å². The number of halogens is 1. The standard InChI is InChI=1S/C20H28N4O.HI/c1-3-21-20(22-12-10-19-5-4-14-25-19)23-17-11-13-24(15-17)18-8-6-16(2)7-9-18;/h4-9,14,17H,3,10-13,15H2,1-2H3,(H2,21,22,23);1H. The average molecular weight is 468 g/mol. The summed E-state index contributed by atoms with van der Waals surface area (Å²) in [7, 11) is 0. The predicted octanol–water partition coefficient (Wildman–Crippen LogP) is 3.58. The van der Waals surface area contributed by atoms with Crippen molar-refractivity contribution in [3.05, 3.63) is 54.0 Å². The van der Waals surface area contributed by atoms with Crippen molar-refractivity contribution in [2.75, 3.05) is 31.1 Å². The molecule has 0 amide bonds. The van der Waals surface area contributed by atoms with Crippen LogP contribution in [0.4, 0.5) is 5.69 Å². The summed E-state index contributed by atoms with van der Waals surface area (Å²) in [5.41, 5.74) is 2.60. The van der Waals surface area contributed by atoms with Gasteiger partial charge >= 0.3 is 0 Å². The van der Waals surface area contributed by atoms with Crippen molar-refractivity contribution in [1.29, 1.82) is 0 Å². The molecule has 1 saturated heterocycles. The van der Waals surface area contributed by atoms with E-state index in [-0.39, 0.29) is 24.0 Å². The highest BCUT2D eigenvalue weighted by molar-refractivity contribution is 14.0. The highest BCUT2D eigenvalue weighted by atomic mass is 127. The first-order valence-corrected chi connectivity index (χ1v) is 9.13. The molecular weight excluding hydrogens is 439 g/mol. The Morgan fingerprint density at radius 2 is 2.08 bits per heavy atom. The van der Waals surface area contributed by atoms with Crippen LogP contribution < -0.4 is 15.5 Å². The second-order valence-electron chi connectivity index (χ2n) is 6.50. The summed E-state index contributed by atoms with van der Waals surface area (Å²) >= 11 is 0. The predicted molar refractivity (Wildman–Crippen MR) is 119 cm³/mol. The van der Waals surface area contributed by atoms with Gasteiger partial charge in [-0.2, -0.15) is 0 Å². The lowest BCUT2D eigenvalue weighted by Crippen LogP contribution is -2.44. The minimum atomic E-state index is 0. The number of nitrogens with one attached hydrogen (secondary N) is 2. The molecule has 0 bridgehead atoms. The van der Waals surface area contributed by atoms with Crippen LogP contribution >= 0.6 is 24.0 Å². The van der Waals surface area contributed by atoms with Crippen molar-refractivity contribution in [1.82, 2.24) is 10.6 Å².